The predicted molar refractivity (Wildman–Crippen MR) is 48.6 cm³/mol. The van der Waals surface area contributed by atoms with Crippen molar-refractivity contribution in [2.24, 2.45) is 0 Å². The van der Waals surface area contributed by atoms with Gasteiger partial charge in [-0.25, -0.2) is 0 Å². The first-order chi connectivity index (χ1) is 5.85. The van der Waals surface area contributed by atoms with Crippen LogP contribution in [0.5, 0.6) is 0 Å². The number of hydrogen-bond acceptors (Lipinski definition) is 4. The fraction of sp³-hybridized carbons (Fsp3) is 1.00. The van der Waals surface area contributed by atoms with Gasteiger partial charge in [0.05, 0.1) is 6.61 Å². The van der Waals surface area contributed by atoms with Crippen molar-refractivity contribution >= 4 is 0 Å². The van der Waals surface area contributed by atoms with Crippen LogP contribution >= 0.6 is 0 Å². The molecule has 74 valence electrons. The number of aliphatic hydroxyl groups excluding tert-OH is 2. The lowest BCUT2D eigenvalue weighted by Gasteiger charge is -2.14. The first-order valence-corrected chi connectivity index (χ1v) is 4.55. The van der Waals surface area contributed by atoms with Gasteiger partial charge in [0.15, 0.2) is 0 Å². The van der Waals surface area contributed by atoms with Crippen molar-refractivity contribution in [1.82, 2.24) is 10.9 Å². The molecule has 0 aliphatic carbocycles. The topological polar surface area (TPSA) is 64.5 Å². The zero-order valence-electron chi connectivity index (χ0n) is 7.71. The molecule has 0 aliphatic heterocycles. The lowest BCUT2D eigenvalue weighted by Crippen LogP contribution is -2.42. The molecule has 4 N–H and O–H groups in total. The molecule has 0 aromatic rings. The Morgan fingerprint density at radius 3 is 2.50 bits per heavy atom. The number of rotatable bonds is 8. The largest absolute Gasteiger partial charge is 0.396 e. The second-order valence-electron chi connectivity index (χ2n) is 2.79. The summed E-state index contributed by atoms with van der Waals surface area (Å²) in [5.74, 6) is 0. The van der Waals surface area contributed by atoms with Crippen LogP contribution in [0.4, 0.5) is 0 Å². The lowest BCUT2D eigenvalue weighted by molar-refractivity contribution is 0.224. The normalized spacial score (nSPS) is 13.2. The van der Waals surface area contributed by atoms with Crippen LogP contribution in [-0.4, -0.2) is 36.0 Å². The minimum absolute atomic E-state index is 0.138. The average molecular weight is 176 g/mol. The van der Waals surface area contributed by atoms with Crippen LogP contribution in [0.1, 0.15) is 26.2 Å². The van der Waals surface area contributed by atoms with Gasteiger partial charge in [-0.3, -0.25) is 10.9 Å². The van der Waals surface area contributed by atoms with E-state index in [9.17, 15) is 0 Å². The van der Waals surface area contributed by atoms with Crippen molar-refractivity contribution in [2.75, 3.05) is 19.8 Å². The molecule has 0 aromatic heterocycles. The van der Waals surface area contributed by atoms with Gasteiger partial charge in [0.1, 0.15) is 0 Å². The van der Waals surface area contributed by atoms with E-state index in [1.165, 1.54) is 0 Å². The summed E-state index contributed by atoms with van der Waals surface area (Å²) in [6.07, 6.45) is 2.68. The Bertz CT molecular complexity index is 87.1. The van der Waals surface area contributed by atoms with Gasteiger partial charge < -0.3 is 10.2 Å². The fourth-order valence-electron chi connectivity index (χ4n) is 0.819. The fourth-order valence-corrected chi connectivity index (χ4v) is 0.819. The highest BCUT2D eigenvalue weighted by Gasteiger charge is 2.00. The third-order valence-electron chi connectivity index (χ3n) is 1.73. The minimum Gasteiger partial charge on any atom is -0.396 e. The van der Waals surface area contributed by atoms with Gasteiger partial charge in [-0.05, 0) is 19.3 Å². The molecule has 0 bridgehead atoms. The summed E-state index contributed by atoms with van der Waals surface area (Å²) in [6, 6.07) is 0.138. The number of aliphatic hydroxyl groups is 2. The number of unbranched alkanes of at least 4 members (excludes halogenated alkanes) is 1. The molecule has 4 heteroatoms. The van der Waals surface area contributed by atoms with Gasteiger partial charge in [0.25, 0.3) is 0 Å². The summed E-state index contributed by atoms with van der Waals surface area (Å²) in [7, 11) is 0. The highest BCUT2D eigenvalue weighted by molar-refractivity contribution is 4.58. The molecule has 0 heterocycles. The number of hydrogen-bond donors (Lipinski definition) is 4. The first kappa shape index (κ1) is 11.8. The Balaban J connectivity index is 3.06. The van der Waals surface area contributed by atoms with Crippen molar-refractivity contribution in [3.05, 3.63) is 0 Å². The Morgan fingerprint density at radius 1 is 1.25 bits per heavy atom. The molecule has 0 rings (SSSR count). The Labute approximate surface area is 74.0 Å². The van der Waals surface area contributed by atoms with Gasteiger partial charge in [-0.15, -0.1) is 0 Å². The summed E-state index contributed by atoms with van der Waals surface area (Å²) >= 11 is 0. The van der Waals surface area contributed by atoms with Gasteiger partial charge in [-0.1, -0.05) is 6.92 Å². The quantitative estimate of drug-likeness (QED) is 0.301. The maximum Gasteiger partial charge on any atom is 0.0598 e. The van der Waals surface area contributed by atoms with Crippen LogP contribution in [0, 0.1) is 0 Å². The van der Waals surface area contributed by atoms with E-state index >= 15 is 0 Å². The Kier molecular flexibility index (Phi) is 8.81. The van der Waals surface area contributed by atoms with Crippen molar-refractivity contribution in [2.45, 2.75) is 32.2 Å². The van der Waals surface area contributed by atoms with Crippen LogP contribution in [-0.2, 0) is 0 Å². The molecule has 1 unspecified atom stereocenters. The molecule has 0 fully saturated rings. The van der Waals surface area contributed by atoms with E-state index in [-0.39, 0.29) is 19.3 Å². The van der Waals surface area contributed by atoms with Gasteiger partial charge >= 0.3 is 0 Å². The summed E-state index contributed by atoms with van der Waals surface area (Å²) in [5.41, 5.74) is 6.00. The molecule has 1 atom stereocenters. The molecule has 0 amide bonds. The second-order valence-corrected chi connectivity index (χ2v) is 2.79. The molecule has 0 aromatic carbocycles. The van der Waals surface area contributed by atoms with Crippen molar-refractivity contribution < 1.29 is 10.2 Å². The van der Waals surface area contributed by atoms with Crippen LogP contribution in [0.15, 0.2) is 0 Å². The number of nitrogens with one attached hydrogen (secondary N) is 2. The van der Waals surface area contributed by atoms with E-state index in [1.54, 1.807) is 0 Å². The maximum atomic E-state index is 8.79. The average Bonchev–Trinajstić information content (AvgIpc) is 2.11. The molecule has 0 radical (unpaired) electrons. The molecular formula is C8H20N2O2. The monoisotopic (exact) mass is 176 g/mol. The minimum atomic E-state index is 0.138. The smallest absolute Gasteiger partial charge is 0.0598 e. The zero-order chi connectivity index (χ0) is 9.23. The summed E-state index contributed by atoms with van der Waals surface area (Å²) < 4.78 is 0. The molecule has 0 spiro atoms. The van der Waals surface area contributed by atoms with E-state index in [1.807, 2.05) is 6.92 Å². The Hall–Kier alpha value is -0.160. The van der Waals surface area contributed by atoms with Crippen LogP contribution in [0.3, 0.4) is 0 Å². The van der Waals surface area contributed by atoms with Crippen molar-refractivity contribution in [1.29, 1.82) is 0 Å². The van der Waals surface area contributed by atoms with Gasteiger partial charge in [-0.2, -0.15) is 0 Å². The van der Waals surface area contributed by atoms with E-state index < -0.39 is 0 Å². The highest BCUT2D eigenvalue weighted by atomic mass is 16.3. The molecule has 0 saturated heterocycles. The van der Waals surface area contributed by atoms with Crippen molar-refractivity contribution in [3.8, 4) is 0 Å². The first-order valence-electron chi connectivity index (χ1n) is 4.55. The van der Waals surface area contributed by atoms with E-state index in [2.05, 4.69) is 10.9 Å². The SMILES string of the molecule is CCC(CO)NNCCCCO. The van der Waals surface area contributed by atoms with Gasteiger partial charge in [0, 0.05) is 19.2 Å². The molecule has 4 nitrogen and oxygen atoms in total. The molecule has 0 aliphatic rings. The van der Waals surface area contributed by atoms with Crippen LogP contribution < -0.4 is 10.9 Å². The number of hydrazine groups is 1. The van der Waals surface area contributed by atoms with Crippen molar-refractivity contribution in [3.63, 3.8) is 0 Å². The summed E-state index contributed by atoms with van der Waals surface area (Å²) in [6.45, 7) is 3.25. The van der Waals surface area contributed by atoms with Crippen LogP contribution in [0.25, 0.3) is 0 Å². The van der Waals surface area contributed by atoms with Crippen LogP contribution in [0.2, 0.25) is 0 Å². The third-order valence-corrected chi connectivity index (χ3v) is 1.73. The Morgan fingerprint density at radius 2 is 2.00 bits per heavy atom. The van der Waals surface area contributed by atoms with E-state index in [4.69, 9.17) is 10.2 Å². The maximum absolute atomic E-state index is 8.79. The summed E-state index contributed by atoms with van der Waals surface area (Å²) in [5, 5.41) is 17.3. The third kappa shape index (κ3) is 6.54. The molecular weight excluding hydrogens is 156 g/mol. The van der Waals surface area contributed by atoms with E-state index in [0.29, 0.717) is 0 Å². The van der Waals surface area contributed by atoms with Gasteiger partial charge in [0.2, 0.25) is 0 Å². The zero-order valence-corrected chi connectivity index (χ0v) is 7.71. The van der Waals surface area contributed by atoms with E-state index in [0.717, 1.165) is 25.8 Å². The molecule has 12 heavy (non-hydrogen) atoms. The predicted octanol–water partition coefficient (Wildman–Crippen LogP) is -0.376. The second kappa shape index (κ2) is 8.93. The highest BCUT2D eigenvalue weighted by Crippen LogP contribution is 1.87. The summed E-state index contributed by atoms with van der Waals surface area (Å²) in [4.78, 5) is 0. The lowest BCUT2D eigenvalue weighted by atomic mass is 10.2. The standard InChI is InChI=1S/C8H20N2O2/c1-2-8(7-12)10-9-5-3-4-6-11/h8-12H,2-7H2,1H3. The molecule has 0 saturated carbocycles.